The van der Waals surface area contributed by atoms with E-state index in [-0.39, 0.29) is 0 Å². The van der Waals surface area contributed by atoms with Crippen LogP contribution in [0.4, 0.5) is 0 Å². The Morgan fingerprint density at radius 1 is 1.47 bits per heavy atom. The summed E-state index contributed by atoms with van der Waals surface area (Å²) in [6.45, 7) is 2.24. The predicted octanol–water partition coefficient (Wildman–Crippen LogP) is 1.21. The molecule has 1 aromatic rings. The highest BCUT2D eigenvalue weighted by Crippen LogP contribution is 2.29. The molecule has 5 heteroatoms. The Balaban J connectivity index is 2.02. The number of nitrogens with zero attached hydrogens (tertiary/aromatic N) is 2. The molecule has 0 radical (unpaired) electrons. The molecule has 82 valence electrons. The van der Waals surface area contributed by atoms with Crippen LogP contribution in [0.2, 0.25) is 0 Å². The summed E-state index contributed by atoms with van der Waals surface area (Å²) < 4.78 is 5.32. The van der Waals surface area contributed by atoms with Crippen molar-refractivity contribution in [1.29, 1.82) is 0 Å². The SMILES string of the molecule is NCc1ccnnc1SC1CCOCC1. The lowest BCUT2D eigenvalue weighted by Crippen LogP contribution is -2.18. The topological polar surface area (TPSA) is 61.0 Å². The van der Waals surface area contributed by atoms with Gasteiger partial charge < -0.3 is 10.5 Å². The molecule has 4 nitrogen and oxygen atoms in total. The fourth-order valence-corrected chi connectivity index (χ4v) is 2.69. The van der Waals surface area contributed by atoms with E-state index in [1.54, 1.807) is 18.0 Å². The zero-order valence-electron chi connectivity index (χ0n) is 8.56. The smallest absolute Gasteiger partial charge is 0.124 e. The molecule has 0 aromatic carbocycles. The van der Waals surface area contributed by atoms with Gasteiger partial charge in [-0.25, -0.2) is 0 Å². The molecule has 2 heterocycles. The van der Waals surface area contributed by atoms with Crippen LogP contribution in [0.25, 0.3) is 0 Å². The first-order valence-corrected chi connectivity index (χ1v) is 6.03. The molecule has 1 fully saturated rings. The van der Waals surface area contributed by atoms with Crippen LogP contribution in [0.3, 0.4) is 0 Å². The van der Waals surface area contributed by atoms with E-state index in [1.807, 2.05) is 6.07 Å². The highest BCUT2D eigenvalue weighted by atomic mass is 32.2. The molecule has 2 rings (SSSR count). The second-order valence-corrected chi connectivity index (χ2v) is 4.78. The molecule has 2 N–H and O–H groups in total. The monoisotopic (exact) mass is 225 g/mol. The van der Waals surface area contributed by atoms with Gasteiger partial charge in [-0.1, -0.05) is 0 Å². The van der Waals surface area contributed by atoms with Crippen molar-refractivity contribution in [1.82, 2.24) is 10.2 Å². The van der Waals surface area contributed by atoms with Gasteiger partial charge in [-0.15, -0.1) is 16.9 Å². The maximum Gasteiger partial charge on any atom is 0.124 e. The van der Waals surface area contributed by atoms with Crippen molar-refractivity contribution in [2.75, 3.05) is 13.2 Å². The molecule has 1 aliphatic rings. The van der Waals surface area contributed by atoms with Crippen molar-refractivity contribution in [3.05, 3.63) is 17.8 Å². The molecule has 0 amide bonds. The molecule has 0 atom stereocenters. The van der Waals surface area contributed by atoms with Crippen LogP contribution in [0.15, 0.2) is 17.3 Å². The van der Waals surface area contributed by atoms with Crippen molar-refractivity contribution in [3.63, 3.8) is 0 Å². The van der Waals surface area contributed by atoms with E-state index in [0.717, 1.165) is 36.6 Å². The fraction of sp³-hybridized carbons (Fsp3) is 0.600. The number of rotatable bonds is 3. The average Bonchev–Trinajstić information content (AvgIpc) is 2.31. The first kappa shape index (κ1) is 10.9. The lowest BCUT2D eigenvalue weighted by Gasteiger charge is -2.21. The molecular formula is C10H15N3OS. The quantitative estimate of drug-likeness (QED) is 0.837. The summed E-state index contributed by atoms with van der Waals surface area (Å²) in [6, 6.07) is 1.94. The van der Waals surface area contributed by atoms with Gasteiger partial charge in [0, 0.05) is 36.8 Å². The van der Waals surface area contributed by atoms with Crippen LogP contribution < -0.4 is 5.73 Å². The van der Waals surface area contributed by atoms with Gasteiger partial charge in [-0.05, 0) is 18.9 Å². The summed E-state index contributed by atoms with van der Waals surface area (Å²) in [7, 11) is 0. The minimum absolute atomic E-state index is 0.529. The van der Waals surface area contributed by atoms with E-state index in [2.05, 4.69) is 10.2 Å². The van der Waals surface area contributed by atoms with Gasteiger partial charge >= 0.3 is 0 Å². The average molecular weight is 225 g/mol. The maximum atomic E-state index is 5.65. The number of hydrogen-bond donors (Lipinski definition) is 1. The van der Waals surface area contributed by atoms with Crippen LogP contribution >= 0.6 is 11.8 Å². The van der Waals surface area contributed by atoms with Crippen molar-refractivity contribution in [2.45, 2.75) is 29.7 Å². The van der Waals surface area contributed by atoms with E-state index in [0.29, 0.717) is 11.8 Å². The minimum Gasteiger partial charge on any atom is -0.381 e. The van der Waals surface area contributed by atoms with Crippen molar-refractivity contribution >= 4 is 11.8 Å². The van der Waals surface area contributed by atoms with Crippen LogP contribution in [0.5, 0.6) is 0 Å². The Kier molecular flexibility index (Phi) is 3.94. The first-order valence-electron chi connectivity index (χ1n) is 5.15. The van der Waals surface area contributed by atoms with E-state index >= 15 is 0 Å². The van der Waals surface area contributed by atoms with E-state index < -0.39 is 0 Å². The van der Waals surface area contributed by atoms with Crippen LogP contribution in [0, 0.1) is 0 Å². The lowest BCUT2D eigenvalue weighted by atomic mass is 10.2. The van der Waals surface area contributed by atoms with E-state index in [1.165, 1.54) is 0 Å². The molecule has 0 spiro atoms. The summed E-state index contributed by atoms with van der Waals surface area (Å²) in [4.78, 5) is 0. The van der Waals surface area contributed by atoms with Crippen LogP contribution in [-0.2, 0) is 11.3 Å². The normalized spacial score (nSPS) is 17.9. The number of thioether (sulfide) groups is 1. The standard InChI is InChI=1S/C10H15N3OS/c11-7-8-1-4-12-13-10(8)15-9-2-5-14-6-3-9/h1,4,9H,2-3,5-7,11H2. The molecule has 1 aliphatic heterocycles. The van der Waals surface area contributed by atoms with Gasteiger partial charge in [0.15, 0.2) is 0 Å². The third-order valence-corrected chi connectivity index (χ3v) is 3.80. The molecule has 0 aliphatic carbocycles. The van der Waals surface area contributed by atoms with Gasteiger partial charge in [-0.3, -0.25) is 0 Å². The van der Waals surface area contributed by atoms with Gasteiger partial charge in [0.25, 0.3) is 0 Å². The highest BCUT2D eigenvalue weighted by Gasteiger charge is 2.17. The maximum absolute atomic E-state index is 5.65. The molecule has 15 heavy (non-hydrogen) atoms. The predicted molar refractivity (Wildman–Crippen MR) is 59.6 cm³/mol. The summed E-state index contributed by atoms with van der Waals surface area (Å²) in [5, 5.41) is 9.61. The summed E-state index contributed by atoms with van der Waals surface area (Å²) in [5.74, 6) is 0. The summed E-state index contributed by atoms with van der Waals surface area (Å²) in [5.41, 5.74) is 6.73. The largest absolute Gasteiger partial charge is 0.381 e. The third kappa shape index (κ3) is 2.90. The second kappa shape index (κ2) is 5.44. The van der Waals surface area contributed by atoms with Gasteiger partial charge in [0.05, 0.1) is 0 Å². The lowest BCUT2D eigenvalue weighted by molar-refractivity contribution is 0.1000. The third-order valence-electron chi connectivity index (χ3n) is 2.43. The summed E-state index contributed by atoms with van der Waals surface area (Å²) in [6.07, 6.45) is 3.87. The molecule has 0 saturated carbocycles. The number of hydrogen-bond acceptors (Lipinski definition) is 5. The zero-order valence-corrected chi connectivity index (χ0v) is 9.37. The fourth-order valence-electron chi connectivity index (χ4n) is 1.55. The highest BCUT2D eigenvalue weighted by molar-refractivity contribution is 7.99. The van der Waals surface area contributed by atoms with E-state index in [9.17, 15) is 0 Å². The van der Waals surface area contributed by atoms with Gasteiger partial charge in [0.2, 0.25) is 0 Å². The molecule has 1 aromatic heterocycles. The Hall–Kier alpha value is -0.650. The number of aromatic nitrogens is 2. The minimum atomic E-state index is 0.529. The molecule has 0 unspecified atom stereocenters. The van der Waals surface area contributed by atoms with Crippen molar-refractivity contribution < 1.29 is 4.74 Å². The Bertz CT molecular complexity index is 315. The van der Waals surface area contributed by atoms with Crippen LogP contribution in [0.1, 0.15) is 18.4 Å². The molecule has 0 bridgehead atoms. The second-order valence-electron chi connectivity index (χ2n) is 3.50. The Labute approximate surface area is 93.6 Å². The zero-order chi connectivity index (χ0) is 10.5. The number of ether oxygens (including phenoxy) is 1. The van der Waals surface area contributed by atoms with Crippen molar-refractivity contribution in [3.8, 4) is 0 Å². The number of nitrogens with two attached hydrogens (primary N) is 1. The van der Waals surface area contributed by atoms with Crippen molar-refractivity contribution in [2.24, 2.45) is 5.73 Å². The summed E-state index contributed by atoms with van der Waals surface area (Å²) >= 11 is 1.78. The van der Waals surface area contributed by atoms with Gasteiger partial charge in [-0.2, -0.15) is 5.10 Å². The van der Waals surface area contributed by atoms with Crippen LogP contribution in [-0.4, -0.2) is 28.7 Å². The molecular weight excluding hydrogens is 210 g/mol. The Morgan fingerprint density at radius 3 is 3.00 bits per heavy atom. The molecule has 1 saturated heterocycles. The first-order chi connectivity index (χ1) is 7.40. The van der Waals surface area contributed by atoms with E-state index in [4.69, 9.17) is 10.5 Å². The van der Waals surface area contributed by atoms with Gasteiger partial charge in [0.1, 0.15) is 5.03 Å². The Morgan fingerprint density at radius 2 is 2.27 bits per heavy atom.